The molecule has 0 amide bonds. The molecule has 0 atom stereocenters. The molecule has 0 aliphatic carbocycles. The lowest BCUT2D eigenvalue weighted by Crippen LogP contribution is -2.19. The summed E-state index contributed by atoms with van der Waals surface area (Å²) in [5.74, 6) is -0.231. The first-order valence-electron chi connectivity index (χ1n) is 7.29. The van der Waals surface area contributed by atoms with E-state index in [1.807, 2.05) is 6.92 Å². The van der Waals surface area contributed by atoms with Crippen molar-refractivity contribution in [3.05, 3.63) is 42.1 Å². The molecule has 7 heteroatoms. The number of halogens is 3. The van der Waals surface area contributed by atoms with Crippen LogP contribution in [0.5, 0.6) is 6.01 Å². The smallest absolute Gasteiger partial charge is 0.421 e. The highest BCUT2D eigenvalue weighted by Gasteiger charge is 2.36. The Morgan fingerprint density at radius 3 is 2.48 bits per heavy atom. The van der Waals surface area contributed by atoms with E-state index in [9.17, 15) is 13.2 Å². The normalized spacial score (nSPS) is 11.3. The maximum atomic E-state index is 13.2. The number of rotatable bonds is 6. The Morgan fingerprint density at radius 1 is 1.17 bits per heavy atom. The number of hydrogen-bond acceptors (Lipinski definition) is 4. The minimum atomic E-state index is -4.54. The molecule has 0 aliphatic rings. The Labute approximate surface area is 132 Å². The van der Waals surface area contributed by atoms with Gasteiger partial charge < -0.3 is 9.64 Å². The Bertz CT molecular complexity index is 632. The molecule has 124 valence electrons. The highest BCUT2D eigenvalue weighted by molar-refractivity contribution is 5.62. The van der Waals surface area contributed by atoms with E-state index in [0.717, 1.165) is 19.0 Å². The predicted octanol–water partition coefficient (Wildman–Crippen LogP) is 4.44. The Hall–Kier alpha value is -2.31. The van der Waals surface area contributed by atoms with Crippen LogP contribution in [-0.4, -0.2) is 23.6 Å². The minimum Gasteiger partial charge on any atom is -0.463 e. The van der Waals surface area contributed by atoms with Gasteiger partial charge in [0.15, 0.2) is 5.82 Å². The number of benzene rings is 1. The van der Waals surface area contributed by atoms with E-state index in [2.05, 4.69) is 9.97 Å². The zero-order valence-corrected chi connectivity index (χ0v) is 13.0. The van der Waals surface area contributed by atoms with Crippen LogP contribution in [0.2, 0.25) is 0 Å². The summed E-state index contributed by atoms with van der Waals surface area (Å²) in [6.45, 7) is 2.36. The maximum Gasteiger partial charge on any atom is 0.421 e. The van der Waals surface area contributed by atoms with Gasteiger partial charge in [0.2, 0.25) is 0 Å². The van der Waals surface area contributed by atoms with E-state index >= 15 is 0 Å². The summed E-state index contributed by atoms with van der Waals surface area (Å²) in [5, 5.41) is 0. The minimum absolute atomic E-state index is 0.0516. The lowest BCUT2D eigenvalue weighted by molar-refractivity contribution is -0.137. The average Bonchev–Trinajstić information content (AvgIpc) is 2.54. The molecule has 0 N–H and O–H groups in total. The molecular weight excluding hydrogens is 307 g/mol. The summed E-state index contributed by atoms with van der Waals surface area (Å²) >= 11 is 0. The van der Waals surface area contributed by atoms with Gasteiger partial charge in [-0.1, -0.05) is 31.5 Å². The fraction of sp³-hybridized carbons (Fsp3) is 0.375. The van der Waals surface area contributed by atoms with E-state index in [1.54, 1.807) is 30.3 Å². The van der Waals surface area contributed by atoms with E-state index < -0.39 is 11.7 Å². The quantitative estimate of drug-likeness (QED) is 0.736. The standard InChI is InChI=1S/C16H18F3N3O/c1-3-4-10-23-15-20-11-13(16(17,18)19)14(21-15)22(2)12-8-6-5-7-9-12/h5-9,11H,3-4,10H2,1-2H3. The largest absolute Gasteiger partial charge is 0.463 e. The van der Waals surface area contributed by atoms with Crippen LogP contribution in [0.3, 0.4) is 0 Å². The number of nitrogens with zero attached hydrogens (tertiary/aromatic N) is 3. The van der Waals surface area contributed by atoms with Gasteiger partial charge >= 0.3 is 12.2 Å². The second kappa shape index (κ2) is 7.30. The molecule has 2 rings (SSSR count). The molecule has 1 aromatic carbocycles. The average molecular weight is 325 g/mol. The molecule has 23 heavy (non-hydrogen) atoms. The van der Waals surface area contributed by atoms with Gasteiger partial charge in [0.05, 0.1) is 6.61 Å². The van der Waals surface area contributed by atoms with Crippen molar-refractivity contribution in [2.45, 2.75) is 25.9 Å². The van der Waals surface area contributed by atoms with Gasteiger partial charge in [-0.2, -0.15) is 18.2 Å². The molecule has 0 bridgehead atoms. The second-order valence-electron chi connectivity index (χ2n) is 4.98. The first-order chi connectivity index (χ1) is 10.9. The van der Waals surface area contributed by atoms with Gasteiger partial charge in [-0.15, -0.1) is 0 Å². The van der Waals surface area contributed by atoms with Crippen molar-refractivity contribution in [1.82, 2.24) is 9.97 Å². The first kappa shape index (κ1) is 17.1. The van der Waals surface area contributed by atoms with Crippen LogP contribution in [0.15, 0.2) is 36.5 Å². The predicted molar refractivity (Wildman–Crippen MR) is 81.9 cm³/mol. The summed E-state index contributed by atoms with van der Waals surface area (Å²) in [6.07, 6.45) is -2.07. The summed E-state index contributed by atoms with van der Waals surface area (Å²) in [5.41, 5.74) is -0.303. The molecule has 0 aliphatic heterocycles. The number of alkyl halides is 3. The van der Waals surface area contributed by atoms with Crippen molar-refractivity contribution in [3.8, 4) is 6.01 Å². The lowest BCUT2D eigenvalue weighted by atomic mass is 10.2. The van der Waals surface area contributed by atoms with E-state index in [1.165, 1.54) is 11.9 Å². The topological polar surface area (TPSA) is 38.2 Å². The molecule has 0 spiro atoms. The monoisotopic (exact) mass is 325 g/mol. The van der Waals surface area contributed by atoms with Crippen molar-refractivity contribution in [1.29, 1.82) is 0 Å². The summed E-state index contributed by atoms with van der Waals surface area (Å²) in [6, 6.07) is 8.66. The van der Waals surface area contributed by atoms with Gasteiger partial charge in [0, 0.05) is 18.9 Å². The van der Waals surface area contributed by atoms with Gasteiger partial charge in [-0.25, -0.2) is 4.98 Å². The van der Waals surface area contributed by atoms with Crippen molar-refractivity contribution < 1.29 is 17.9 Å². The zero-order valence-electron chi connectivity index (χ0n) is 13.0. The lowest BCUT2D eigenvalue weighted by Gasteiger charge is -2.22. The van der Waals surface area contributed by atoms with Crippen LogP contribution in [0.4, 0.5) is 24.7 Å². The van der Waals surface area contributed by atoms with Crippen molar-refractivity contribution >= 4 is 11.5 Å². The first-order valence-corrected chi connectivity index (χ1v) is 7.29. The second-order valence-corrected chi connectivity index (χ2v) is 4.98. The number of ether oxygens (including phenoxy) is 1. The van der Waals surface area contributed by atoms with E-state index in [4.69, 9.17) is 4.74 Å². The number of anilines is 2. The fourth-order valence-corrected chi connectivity index (χ4v) is 1.96. The molecular formula is C16H18F3N3O. The molecule has 1 aromatic heterocycles. The fourth-order valence-electron chi connectivity index (χ4n) is 1.96. The molecule has 0 saturated heterocycles. The maximum absolute atomic E-state index is 13.2. The number of aromatic nitrogens is 2. The van der Waals surface area contributed by atoms with Crippen molar-refractivity contribution in [2.75, 3.05) is 18.6 Å². The molecule has 0 unspecified atom stereocenters. The third kappa shape index (κ3) is 4.34. The van der Waals surface area contributed by atoms with Crippen molar-refractivity contribution in [3.63, 3.8) is 0 Å². The summed E-state index contributed by atoms with van der Waals surface area (Å²) < 4.78 is 45.0. The van der Waals surface area contributed by atoms with Crippen LogP contribution in [-0.2, 0) is 6.18 Å². The number of hydrogen-bond donors (Lipinski definition) is 0. The van der Waals surface area contributed by atoms with Crippen LogP contribution in [0.25, 0.3) is 0 Å². The molecule has 0 saturated carbocycles. The number of para-hydroxylation sites is 1. The van der Waals surface area contributed by atoms with Crippen LogP contribution < -0.4 is 9.64 Å². The SMILES string of the molecule is CCCCOc1ncc(C(F)(F)F)c(N(C)c2ccccc2)n1. The number of unbranched alkanes of at least 4 members (excludes halogenated alkanes) is 1. The van der Waals surface area contributed by atoms with Gasteiger partial charge in [0.1, 0.15) is 5.56 Å². The summed E-state index contributed by atoms with van der Waals surface area (Å²) in [4.78, 5) is 9.01. The molecule has 4 nitrogen and oxygen atoms in total. The van der Waals surface area contributed by atoms with Crippen LogP contribution in [0.1, 0.15) is 25.3 Å². The summed E-state index contributed by atoms with van der Waals surface area (Å²) in [7, 11) is 1.53. The third-order valence-electron chi connectivity index (χ3n) is 3.24. The van der Waals surface area contributed by atoms with Gasteiger partial charge in [-0.05, 0) is 18.6 Å². The van der Waals surface area contributed by atoms with Gasteiger partial charge in [0.25, 0.3) is 0 Å². The Morgan fingerprint density at radius 2 is 1.87 bits per heavy atom. The van der Waals surface area contributed by atoms with E-state index in [0.29, 0.717) is 12.3 Å². The molecule has 0 fully saturated rings. The van der Waals surface area contributed by atoms with Gasteiger partial charge in [-0.3, -0.25) is 0 Å². The third-order valence-corrected chi connectivity index (χ3v) is 3.24. The van der Waals surface area contributed by atoms with Crippen molar-refractivity contribution in [2.24, 2.45) is 0 Å². The van der Waals surface area contributed by atoms with Crippen LogP contribution in [0, 0.1) is 0 Å². The molecule has 1 heterocycles. The Kier molecular flexibility index (Phi) is 5.41. The van der Waals surface area contributed by atoms with Crippen LogP contribution >= 0.6 is 0 Å². The van der Waals surface area contributed by atoms with E-state index in [-0.39, 0.29) is 11.8 Å². The Balaban J connectivity index is 2.38. The highest BCUT2D eigenvalue weighted by atomic mass is 19.4. The molecule has 0 radical (unpaired) electrons. The highest BCUT2D eigenvalue weighted by Crippen LogP contribution is 2.37. The molecule has 2 aromatic rings. The zero-order chi connectivity index (χ0) is 16.9.